The van der Waals surface area contributed by atoms with Crippen molar-refractivity contribution < 1.29 is 4.79 Å². The highest BCUT2D eigenvalue weighted by Gasteiger charge is 2.18. The Morgan fingerprint density at radius 3 is 2.39 bits per heavy atom. The Hall–Kier alpha value is -3.03. The number of rotatable bonds is 10. The molecule has 8 nitrogen and oxygen atoms in total. The van der Waals surface area contributed by atoms with Gasteiger partial charge in [-0.25, -0.2) is 19.9 Å². The van der Waals surface area contributed by atoms with Gasteiger partial charge in [0.05, 0.1) is 0 Å². The first-order chi connectivity index (χ1) is 15.9. The fraction of sp³-hybridized carbons (Fsp3) is 0.560. The van der Waals surface area contributed by atoms with Crippen LogP contribution >= 0.6 is 0 Å². The Kier molecular flexibility index (Phi) is 8.74. The van der Waals surface area contributed by atoms with Crippen molar-refractivity contribution in [2.45, 2.75) is 59.3 Å². The molecule has 1 amide bonds. The highest BCUT2D eigenvalue weighted by molar-refractivity contribution is 5.93. The highest BCUT2D eigenvalue weighted by Crippen LogP contribution is 2.21. The van der Waals surface area contributed by atoms with Gasteiger partial charge in [0.1, 0.15) is 17.3 Å². The molecule has 0 bridgehead atoms. The molecule has 8 heteroatoms. The van der Waals surface area contributed by atoms with Gasteiger partial charge in [-0.15, -0.1) is 0 Å². The maximum Gasteiger partial charge on any atom is 0.270 e. The number of aromatic nitrogens is 4. The van der Waals surface area contributed by atoms with Crippen molar-refractivity contribution in [2.75, 3.05) is 43.5 Å². The lowest BCUT2D eigenvalue weighted by Gasteiger charge is -2.17. The summed E-state index contributed by atoms with van der Waals surface area (Å²) in [4.78, 5) is 35.5. The second-order valence-electron chi connectivity index (χ2n) is 8.82. The quantitative estimate of drug-likeness (QED) is 0.546. The van der Waals surface area contributed by atoms with Crippen LogP contribution in [0.15, 0.2) is 6.07 Å². The van der Waals surface area contributed by atoms with E-state index in [1.165, 1.54) is 12.8 Å². The van der Waals surface area contributed by atoms with Crippen LogP contribution in [0.25, 0.3) is 12.2 Å². The van der Waals surface area contributed by atoms with Crippen LogP contribution in [0.5, 0.6) is 0 Å². The van der Waals surface area contributed by atoms with Gasteiger partial charge in [-0.05, 0) is 45.3 Å². The number of nitrogens with zero attached hydrogens (tertiary/aromatic N) is 6. The minimum atomic E-state index is -0.152. The summed E-state index contributed by atoms with van der Waals surface area (Å²) in [5.41, 5.74) is 2.39. The minimum absolute atomic E-state index is 0.152. The third-order valence-electron chi connectivity index (χ3n) is 5.89. The Morgan fingerprint density at radius 1 is 1.03 bits per heavy atom. The molecule has 1 N–H and O–H groups in total. The van der Waals surface area contributed by atoms with Crippen molar-refractivity contribution >= 4 is 29.7 Å². The van der Waals surface area contributed by atoms with Crippen molar-refractivity contribution in [1.82, 2.24) is 25.3 Å². The smallest absolute Gasteiger partial charge is 0.270 e. The number of hydrogen-bond donors (Lipinski definition) is 1. The van der Waals surface area contributed by atoms with Gasteiger partial charge in [0.25, 0.3) is 5.91 Å². The predicted molar refractivity (Wildman–Crippen MR) is 135 cm³/mol. The molecule has 0 saturated carbocycles. The Labute approximate surface area is 197 Å². The molecule has 0 aromatic carbocycles. The van der Waals surface area contributed by atoms with E-state index in [-0.39, 0.29) is 5.91 Å². The van der Waals surface area contributed by atoms with E-state index in [0.29, 0.717) is 23.9 Å². The highest BCUT2D eigenvalue weighted by atomic mass is 16.1. The van der Waals surface area contributed by atoms with Gasteiger partial charge in [0.15, 0.2) is 11.6 Å². The lowest BCUT2D eigenvalue weighted by molar-refractivity contribution is 0.0947. The molecule has 1 fully saturated rings. The van der Waals surface area contributed by atoms with Gasteiger partial charge in [-0.3, -0.25) is 4.79 Å². The van der Waals surface area contributed by atoms with Crippen LogP contribution in [-0.4, -0.2) is 59.6 Å². The monoisotopic (exact) mass is 451 g/mol. The molecule has 0 aliphatic carbocycles. The van der Waals surface area contributed by atoms with Gasteiger partial charge < -0.3 is 15.1 Å². The molecular weight excluding hydrogens is 414 g/mol. The number of unbranched alkanes of at least 4 members (excludes halogenated alkanes) is 3. The SMILES string of the molecule is CCCCCCNC(=O)c1cc(N2CCCC2)nc(/C=C/c2nc(C)c(C)c(N(C)C)n2)n1. The fourth-order valence-electron chi connectivity index (χ4n) is 3.89. The number of amides is 1. The number of carbonyl (C=O) groups is 1. The van der Waals surface area contributed by atoms with E-state index in [2.05, 4.69) is 32.1 Å². The van der Waals surface area contributed by atoms with Crippen molar-refractivity contribution in [2.24, 2.45) is 0 Å². The maximum atomic E-state index is 12.8. The van der Waals surface area contributed by atoms with Gasteiger partial charge in [-0.2, -0.15) is 0 Å². The number of nitrogens with one attached hydrogen (secondary N) is 1. The van der Waals surface area contributed by atoms with E-state index in [9.17, 15) is 4.79 Å². The van der Waals surface area contributed by atoms with Gasteiger partial charge in [0.2, 0.25) is 0 Å². The lowest BCUT2D eigenvalue weighted by atomic mass is 10.2. The standard InChI is InChI=1S/C25H37N7O/c1-6-7-8-9-14-26-25(33)20-17-23(32-15-10-11-16-32)29-22(28-20)13-12-21-27-19(3)18(2)24(30-21)31(4)5/h12-13,17H,6-11,14-16H2,1-5H3,(H,26,33)/b13-12+. The topological polar surface area (TPSA) is 87.1 Å². The molecule has 33 heavy (non-hydrogen) atoms. The Morgan fingerprint density at radius 2 is 1.73 bits per heavy atom. The molecule has 0 spiro atoms. The average Bonchev–Trinajstić information content (AvgIpc) is 3.34. The maximum absolute atomic E-state index is 12.8. The third kappa shape index (κ3) is 6.73. The molecule has 3 heterocycles. The molecule has 1 saturated heterocycles. The van der Waals surface area contributed by atoms with Crippen LogP contribution < -0.4 is 15.1 Å². The summed E-state index contributed by atoms with van der Waals surface area (Å²) in [6.45, 7) is 8.74. The zero-order valence-electron chi connectivity index (χ0n) is 20.7. The van der Waals surface area contributed by atoms with Gasteiger partial charge >= 0.3 is 0 Å². The molecular formula is C25H37N7O. The summed E-state index contributed by atoms with van der Waals surface area (Å²) in [5.74, 6) is 2.62. The second kappa shape index (κ2) is 11.7. The Bertz CT molecular complexity index is 981. The first-order valence-corrected chi connectivity index (χ1v) is 12.0. The van der Waals surface area contributed by atoms with Crippen LogP contribution in [0.2, 0.25) is 0 Å². The van der Waals surface area contributed by atoms with E-state index >= 15 is 0 Å². The van der Waals surface area contributed by atoms with E-state index in [0.717, 1.165) is 61.7 Å². The Balaban J connectivity index is 1.84. The largest absolute Gasteiger partial charge is 0.362 e. The van der Waals surface area contributed by atoms with Crippen molar-refractivity contribution in [3.8, 4) is 0 Å². The summed E-state index contributed by atoms with van der Waals surface area (Å²) in [5, 5.41) is 3.01. The van der Waals surface area contributed by atoms with E-state index in [1.54, 1.807) is 12.1 Å². The first-order valence-electron chi connectivity index (χ1n) is 12.0. The molecule has 0 radical (unpaired) electrons. The molecule has 2 aromatic rings. The van der Waals surface area contributed by atoms with Crippen LogP contribution in [0, 0.1) is 13.8 Å². The number of anilines is 2. The fourth-order valence-corrected chi connectivity index (χ4v) is 3.89. The average molecular weight is 452 g/mol. The van der Waals surface area contributed by atoms with Crippen LogP contribution in [0.4, 0.5) is 11.6 Å². The zero-order valence-corrected chi connectivity index (χ0v) is 20.7. The van der Waals surface area contributed by atoms with Crippen LogP contribution in [0.1, 0.15) is 78.8 Å². The summed E-state index contributed by atoms with van der Waals surface area (Å²) in [6, 6.07) is 1.81. The van der Waals surface area contributed by atoms with Gasteiger partial charge in [0, 0.05) is 51.1 Å². The molecule has 178 valence electrons. The number of hydrogen-bond acceptors (Lipinski definition) is 7. The van der Waals surface area contributed by atoms with Crippen molar-refractivity contribution in [3.05, 3.63) is 34.7 Å². The summed E-state index contributed by atoms with van der Waals surface area (Å²) in [6.07, 6.45) is 10.3. The van der Waals surface area contributed by atoms with E-state index in [1.807, 2.05) is 38.9 Å². The molecule has 1 aliphatic heterocycles. The molecule has 0 atom stereocenters. The molecule has 0 unspecified atom stereocenters. The van der Waals surface area contributed by atoms with Crippen LogP contribution in [0.3, 0.4) is 0 Å². The molecule has 3 rings (SSSR count). The number of aryl methyl sites for hydroxylation is 1. The van der Waals surface area contributed by atoms with Crippen molar-refractivity contribution in [3.63, 3.8) is 0 Å². The lowest BCUT2D eigenvalue weighted by Crippen LogP contribution is -2.27. The minimum Gasteiger partial charge on any atom is -0.362 e. The molecule has 1 aliphatic rings. The normalized spacial score (nSPS) is 13.7. The van der Waals surface area contributed by atoms with Crippen molar-refractivity contribution in [1.29, 1.82) is 0 Å². The zero-order chi connectivity index (χ0) is 23.8. The first kappa shape index (κ1) is 24.6. The predicted octanol–water partition coefficient (Wildman–Crippen LogP) is 4.03. The summed E-state index contributed by atoms with van der Waals surface area (Å²) >= 11 is 0. The second-order valence-corrected chi connectivity index (χ2v) is 8.82. The third-order valence-corrected chi connectivity index (χ3v) is 5.89. The van der Waals surface area contributed by atoms with Crippen LogP contribution in [-0.2, 0) is 0 Å². The number of carbonyl (C=O) groups excluding carboxylic acids is 1. The summed E-state index contributed by atoms with van der Waals surface area (Å²) in [7, 11) is 3.94. The van der Waals surface area contributed by atoms with E-state index < -0.39 is 0 Å². The van der Waals surface area contributed by atoms with Gasteiger partial charge in [-0.1, -0.05) is 26.2 Å². The molecule has 2 aromatic heterocycles. The summed E-state index contributed by atoms with van der Waals surface area (Å²) < 4.78 is 0. The van der Waals surface area contributed by atoms with E-state index in [4.69, 9.17) is 4.98 Å².